The summed E-state index contributed by atoms with van der Waals surface area (Å²) in [5.41, 5.74) is 2.19. The lowest BCUT2D eigenvalue weighted by atomic mass is 10.1. The van der Waals surface area contributed by atoms with E-state index in [9.17, 15) is 4.79 Å². The van der Waals surface area contributed by atoms with Crippen LogP contribution in [-0.2, 0) is 9.63 Å². The molecule has 0 aromatic heterocycles. The molecule has 0 aromatic carbocycles. The highest BCUT2D eigenvalue weighted by atomic mass is 16.7. The molecule has 0 rings (SSSR count). The van der Waals surface area contributed by atoms with Crippen LogP contribution in [0.5, 0.6) is 0 Å². The third-order valence-electron chi connectivity index (χ3n) is 1.72. The summed E-state index contributed by atoms with van der Waals surface area (Å²) >= 11 is 0. The number of amides is 1. The van der Waals surface area contributed by atoms with Crippen molar-refractivity contribution < 1.29 is 19.8 Å². The predicted octanol–water partition coefficient (Wildman–Crippen LogP) is -0.567. The summed E-state index contributed by atoms with van der Waals surface area (Å²) in [6.07, 6.45) is -0.213. The molecule has 5 heteroatoms. The molecule has 78 valence electrons. The third-order valence-corrected chi connectivity index (χ3v) is 1.72. The zero-order chi connectivity index (χ0) is 10.3. The first-order valence-corrected chi connectivity index (χ1v) is 4.32. The molecule has 0 aliphatic heterocycles. The van der Waals surface area contributed by atoms with Crippen molar-refractivity contribution in [2.45, 2.75) is 26.4 Å². The molecule has 0 fully saturated rings. The van der Waals surface area contributed by atoms with Gasteiger partial charge in [0.25, 0.3) is 0 Å². The smallest absolute Gasteiger partial charge is 0.246 e. The second-order valence-electron chi connectivity index (χ2n) is 2.92. The van der Waals surface area contributed by atoms with E-state index in [0.29, 0.717) is 0 Å². The monoisotopic (exact) mass is 191 g/mol. The normalized spacial score (nSPS) is 15.1. The molecule has 0 heterocycles. The molecule has 1 unspecified atom stereocenters. The van der Waals surface area contributed by atoms with Gasteiger partial charge in [-0.2, -0.15) is 0 Å². The van der Waals surface area contributed by atoms with Gasteiger partial charge in [-0.1, -0.05) is 13.8 Å². The Kier molecular flexibility index (Phi) is 6.48. The molecule has 5 nitrogen and oxygen atoms in total. The highest BCUT2D eigenvalue weighted by molar-refractivity contribution is 5.77. The summed E-state index contributed by atoms with van der Waals surface area (Å²) in [6, 6.07) is 0. The molecule has 0 aromatic rings. The molecule has 0 aliphatic carbocycles. The molecular formula is C8H17NO4. The average molecular weight is 191 g/mol. The minimum Gasteiger partial charge on any atom is -0.394 e. The number of hydrogen-bond acceptors (Lipinski definition) is 4. The number of hydrogen-bond donors (Lipinski definition) is 3. The topological polar surface area (TPSA) is 78.8 Å². The molecule has 2 atom stereocenters. The van der Waals surface area contributed by atoms with E-state index in [2.05, 4.69) is 10.3 Å². The lowest BCUT2D eigenvalue weighted by molar-refractivity contribution is -0.140. The Balaban J connectivity index is 3.47. The van der Waals surface area contributed by atoms with Crippen molar-refractivity contribution >= 4 is 5.91 Å². The first-order chi connectivity index (χ1) is 6.11. The first-order valence-electron chi connectivity index (χ1n) is 4.32. The lowest BCUT2D eigenvalue weighted by Gasteiger charge is -2.11. The summed E-state index contributed by atoms with van der Waals surface area (Å²) < 4.78 is 0. The molecule has 13 heavy (non-hydrogen) atoms. The van der Waals surface area contributed by atoms with Crippen LogP contribution in [0, 0.1) is 5.92 Å². The maximum Gasteiger partial charge on any atom is 0.246 e. The van der Waals surface area contributed by atoms with Crippen LogP contribution in [0.25, 0.3) is 0 Å². The summed E-state index contributed by atoms with van der Waals surface area (Å²) in [7, 11) is 0. The highest BCUT2D eigenvalue weighted by Gasteiger charge is 2.10. The minimum absolute atomic E-state index is 0.0985. The van der Waals surface area contributed by atoms with Crippen LogP contribution in [-0.4, -0.2) is 35.4 Å². The van der Waals surface area contributed by atoms with Gasteiger partial charge in [-0.15, -0.1) is 0 Å². The van der Waals surface area contributed by atoms with E-state index in [4.69, 9.17) is 10.2 Å². The predicted molar refractivity (Wildman–Crippen MR) is 46.6 cm³/mol. The van der Waals surface area contributed by atoms with Gasteiger partial charge in [0.05, 0.1) is 6.61 Å². The number of hydroxylamine groups is 1. The quantitative estimate of drug-likeness (QED) is 0.491. The van der Waals surface area contributed by atoms with Gasteiger partial charge in [0.1, 0.15) is 12.7 Å². The number of carbonyl (C=O) groups is 1. The summed E-state index contributed by atoms with van der Waals surface area (Å²) in [4.78, 5) is 15.7. The van der Waals surface area contributed by atoms with E-state index in [1.807, 2.05) is 6.92 Å². The lowest BCUT2D eigenvalue weighted by Crippen LogP contribution is -2.32. The Morgan fingerprint density at radius 3 is 2.69 bits per heavy atom. The molecule has 0 bridgehead atoms. The number of aliphatic hydroxyl groups is 2. The van der Waals surface area contributed by atoms with Crippen molar-refractivity contribution in [1.82, 2.24) is 5.48 Å². The highest BCUT2D eigenvalue weighted by Crippen LogP contribution is 1.99. The van der Waals surface area contributed by atoms with Gasteiger partial charge >= 0.3 is 0 Å². The zero-order valence-electron chi connectivity index (χ0n) is 7.99. The van der Waals surface area contributed by atoms with Crippen molar-refractivity contribution in [2.24, 2.45) is 5.92 Å². The molecule has 0 aliphatic rings. The Hall–Kier alpha value is -0.650. The Morgan fingerprint density at radius 2 is 2.23 bits per heavy atom. The Labute approximate surface area is 77.7 Å². The SMILES string of the molecule is CC[C@@H](C)C(=O)NOCC(O)CO. The minimum atomic E-state index is -0.947. The van der Waals surface area contributed by atoms with Gasteiger partial charge in [-0.25, -0.2) is 5.48 Å². The Bertz CT molecular complexity index is 151. The van der Waals surface area contributed by atoms with E-state index in [0.717, 1.165) is 6.42 Å². The van der Waals surface area contributed by atoms with E-state index in [-0.39, 0.29) is 25.0 Å². The summed E-state index contributed by atoms with van der Waals surface area (Å²) in [5, 5.41) is 17.3. The fraction of sp³-hybridized carbons (Fsp3) is 0.875. The molecule has 3 N–H and O–H groups in total. The third kappa shape index (κ3) is 5.57. The zero-order valence-corrected chi connectivity index (χ0v) is 7.99. The van der Waals surface area contributed by atoms with E-state index in [1.165, 1.54) is 0 Å². The second-order valence-corrected chi connectivity index (χ2v) is 2.92. The van der Waals surface area contributed by atoms with Gasteiger partial charge in [-0.3, -0.25) is 9.63 Å². The van der Waals surface area contributed by atoms with E-state index < -0.39 is 6.10 Å². The van der Waals surface area contributed by atoms with Crippen molar-refractivity contribution in [2.75, 3.05) is 13.2 Å². The molecule has 0 saturated carbocycles. The molecule has 1 amide bonds. The van der Waals surface area contributed by atoms with Crippen LogP contribution in [0.2, 0.25) is 0 Å². The van der Waals surface area contributed by atoms with Crippen molar-refractivity contribution in [3.05, 3.63) is 0 Å². The summed E-state index contributed by atoms with van der Waals surface area (Å²) in [5.74, 6) is -0.320. The van der Waals surface area contributed by atoms with Crippen LogP contribution < -0.4 is 5.48 Å². The largest absolute Gasteiger partial charge is 0.394 e. The van der Waals surface area contributed by atoms with Gasteiger partial charge < -0.3 is 10.2 Å². The standard InChI is InChI=1S/C8H17NO4/c1-3-6(2)8(12)9-13-5-7(11)4-10/h6-7,10-11H,3-5H2,1-2H3,(H,9,12)/t6-,7?/m1/s1. The van der Waals surface area contributed by atoms with Gasteiger partial charge in [0, 0.05) is 5.92 Å². The van der Waals surface area contributed by atoms with Crippen LogP contribution in [0.3, 0.4) is 0 Å². The molecule has 0 spiro atoms. The number of rotatable bonds is 6. The van der Waals surface area contributed by atoms with Gasteiger partial charge in [-0.05, 0) is 6.42 Å². The fourth-order valence-electron chi connectivity index (χ4n) is 0.548. The van der Waals surface area contributed by atoms with Crippen LogP contribution >= 0.6 is 0 Å². The number of aliphatic hydroxyl groups excluding tert-OH is 2. The maximum atomic E-state index is 11.1. The number of nitrogens with one attached hydrogen (secondary N) is 1. The van der Waals surface area contributed by atoms with Gasteiger partial charge in [0.15, 0.2) is 0 Å². The Morgan fingerprint density at radius 1 is 1.62 bits per heavy atom. The molecule has 0 saturated heterocycles. The fourth-order valence-corrected chi connectivity index (χ4v) is 0.548. The van der Waals surface area contributed by atoms with E-state index >= 15 is 0 Å². The van der Waals surface area contributed by atoms with Crippen LogP contribution in [0.15, 0.2) is 0 Å². The second kappa shape index (κ2) is 6.82. The number of carbonyl (C=O) groups excluding carboxylic acids is 1. The molecular weight excluding hydrogens is 174 g/mol. The first kappa shape index (κ1) is 12.3. The van der Waals surface area contributed by atoms with Crippen molar-refractivity contribution in [1.29, 1.82) is 0 Å². The van der Waals surface area contributed by atoms with Crippen LogP contribution in [0.1, 0.15) is 20.3 Å². The van der Waals surface area contributed by atoms with Crippen molar-refractivity contribution in [3.63, 3.8) is 0 Å². The van der Waals surface area contributed by atoms with Crippen molar-refractivity contribution in [3.8, 4) is 0 Å². The van der Waals surface area contributed by atoms with Gasteiger partial charge in [0.2, 0.25) is 5.91 Å². The van der Waals surface area contributed by atoms with Crippen LogP contribution in [0.4, 0.5) is 0 Å². The van der Waals surface area contributed by atoms with E-state index in [1.54, 1.807) is 6.92 Å². The average Bonchev–Trinajstić information content (AvgIpc) is 2.15. The maximum absolute atomic E-state index is 11.1. The summed E-state index contributed by atoms with van der Waals surface area (Å²) in [6.45, 7) is 3.20. The molecule has 0 radical (unpaired) electrons.